The number of thiophene rings is 1. The molecule has 0 aromatic carbocycles. The molecule has 2 heterocycles. The van der Waals surface area contributed by atoms with Crippen molar-refractivity contribution < 1.29 is 4.79 Å². The fraction of sp³-hybridized carbons (Fsp3) is 0.615. The molecular formula is C13H20N2OS. The van der Waals surface area contributed by atoms with Crippen LogP contribution in [0.1, 0.15) is 43.0 Å². The molecule has 0 saturated carbocycles. The molecule has 0 spiro atoms. The molecule has 1 atom stereocenters. The van der Waals surface area contributed by atoms with Gasteiger partial charge in [-0.25, -0.2) is 0 Å². The van der Waals surface area contributed by atoms with Gasteiger partial charge in [0.05, 0.1) is 0 Å². The van der Waals surface area contributed by atoms with E-state index in [1.54, 1.807) is 11.3 Å². The lowest BCUT2D eigenvalue weighted by Crippen LogP contribution is -2.40. The topological polar surface area (TPSA) is 46.3 Å². The Balaban J connectivity index is 1.97. The lowest BCUT2D eigenvalue weighted by atomic mass is 10.1. The smallest absolute Gasteiger partial charge is 0.244 e. The summed E-state index contributed by atoms with van der Waals surface area (Å²) in [6.45, 7) is 1.75. The third kappa shape index (κ3) is 3.30. The Kier molecular flexibility index (Phi) is 4.57. The van der Waals surface area contributed by atoms with E-state index >= 15 is 0 Å². The Bertz CT molecular complexity index is 342. The van der Waals surface area contributed by atoms with Crippen molar-refractivity contribution in [3.05, 3.63) is 22.4 Å². The average Bonchev–Trinajstić information content (AvgIpc) is 2.80. The number of hydrogen-bond acceptors (Lipinski definition) is 3. The maximum atomic E-state index is 12.3. The van der Waals surface area contributed by atoms with Crippen molar-refractivity contribution in [3.8, 4) is 0 Å². The molecule has 1 amide bonds. The van der Waals surface area contributed by atoms with Crippen molar-refractivity contribution in [2.24, 2.45) is 5.73 Å². The standard InChI is InChI=1S/C13H20N2OS/c14-12(11-7-6-10-17-11)13(16)15-8-4-2-1-3-5-9-15/h6-7,10,12H,1-5,8-9,14H2. The van der Waals surface area contributed by atoms with Gasteiger partial charge < -0.3 is 10.6 Å². The van der Waals surface area contributed by atoms with E-state index in [1.807, 2.05) is 22.4 Å². The predicted octanol–water partition coefficient (Wildman–Crippen LogP) is 2.54. The summed E-state index contributed by atoms with van der Waals surface area (Å²) in [4.78, 5) is 15.2. The molecule has 1 unspecified atom stereocenters. The fourth-order valence-corrected chi connectivity index (χ4v) is 2.97. The lowest BCUT2D eigenvalue weighted by Gasteiger charge is -2.27. The minimum atomic E-state index is -0.463. The van der Waals surface area contributed by atoms with Crippen LogP contribution in [0.4, 0.5) is 0 Å². The minimum absolute atomic E-state index is 0.0920. The van der Waals surface area contributed by atoms with E-state index in [0.717, 1.165) is 30.8 Å². The second kappa shape index (κ2) is 6.17. The summed E-state index contributed by atoms with van der Waals surface area (Å²) in [5, 5.41) is 1.97. The normalized spacial score (nSPS) is 19.5. The summed E-state index contributed by atoms with van der Waals surface area (Å²) < 4.78 is 0. The van der Waals surface area contributed by atoms with Crippen LogP contribution in [-0.4, -0.2) is 23.9 Å². The summed E-state index contributed by atoms with van der Waals surface area (Å²) in [7, 11) is 0. The third-order valence-electron chi connectivity index (χ3n) is 3.28. The lowest BCUT2D eigenvalue weighted by molar-refractivity contribution is -0.133. The zero-order valence-corrected chi connectivity index (χ0v) is 10.9. The van der Waals surface area contributed by atoms with Crippen LogP contribution < -0.4 is 5.73 Å². The molecule has 0 bridgehead atoms. The third-order valence-corrected chi connectivity index (χ3v) is 4.24. The van der Waals surface area contributed by atoms with Crippen LogP contribution in [0.5, 0.6) is 0 Å². The molecule has 1 aromatic rings. The summed E-state index contributed by atoms with van der Waals surface area (Å²) in [6.07, 6.45) is 6.00. The maximum Gasteiger partial charge on any atom is 0.244 e. The Hall–Kier alpha value is -0.870. The van der Waals surface area contributed by atoms with Gasteiger partial charge in [-0.3, -0.25) is 4.79 Å². The SMILES string of the molecule is NC(C(=O)N1CCCCCCC1)c1cccs1. The fourth-order valence-electron chi connectivity index (χ4n) is 2.25. The molecule has 2 N–H and O–H groups in total. The molecule has 94 valence electrons. The summed E-state index contributed by atoms with van der Waals surface area (Å²) in [6, 6.07) is 3.42. The molecular weight excluding hydrogens is 232 g/mol. The average molecular weight is 252 g/mol. The number of hydrogen-bond donors (Lipinski definition) is 1. The molecule has 1 aliphatic rings. The van der Waals surface area contributed by atoms with Crippen molar-refractivity contribution in [3.63, 3.8) is 0 Å². The van der Waals surface area contributed by atoms with Gasteiger partial charge in [-0.15, -0.1) is 11.3 Å². The van der Waals surface area contributed by atoms with Gasteiger partial charge in [-0.05, 0) is 24.3 Å². The largest absolute Gasteiger partial charge is 0.341 e. The molecule has 1 saturated heterocycles. The van der Waals surface area contributed by atoms with Crippen LogP contribution in [-0.2, 0) is 4.79 Å². The Morgan fingerprint density at radius 3 is 2.47 bits per heavy atom. The first kappa shape index (κ1) is 12.6. The number of nitrogens with zero attached hydrogens (tertiary/aromatic N) is 1. The first-order chi connectivity index (χ1) is 8.29. The van der Waals surface area contributed by atoms with E-state index in [1.165, 1.54) is 19.3 Å². The molecule has 4 heteroatoms. The second-order valence-corrected chi connectivity index (χ2v) is 5.57. The van der Waals surface area contributed by atoms with E-state index in [4.69, 9.17) is 5.73 Å². The van der Waals surface area contributed by atoms with E-state index in [-0.39, 0.29) is 5.91 Å². The Morgan fingerprint density at radius 1 is 1.24 bits per heavy atom. The highest BCUT2D eigenvalue weighted by molar-refractivity contribution is 7.10. The van der Waals surface area contributed by atoms with Crippen LogP contribution >= 0.6 is 11.3 Å². The van der Waals surface area contributed by atoms with Crippen LogP contribution in [0.3, 0.4) is 0 Å². The van der Waals surface area contributed by atoms with Crippen molar-refractivity contribution in [2.75, 3.05) is 13.1 Å². The molecule has 1 fully saturated rings. The molecule has 1 aliphatic heterocycles. The number of rotatable bonds is 2. The number of nitrogens with two attached hydrogens (primary N) is 1. The zero-order chi connectivity index (χ0) is 12.1. The highest BCUT2D eigenvalue weighted by Crippen LogP contribution is 2.20. The van der Waals surface area contributed by atoms with Gasteiger partial charge in [0.25, 0.3) is 0 Å². The Morgan fingerprint density at radius 2 is 1.88 bits per heavy atom. The first-order valence-corrected chi connectivity index (χ1v) is 7.25. The van der Waals surface area contributed by atoms with Gasteiger partial charge in [0.1, 0.15) is 6.04 Å². The highest BCUT2D eigenvalue weighted by atomic mass is 32.1. The van der Waals surface area contributed by atoms with Gasteiger partial charge >= 0.3 is 0 Å². The van der Waals surface area contributed by atoms with Crippen LogP contribution in [0.2, 0.25) is 0 Å². The molecule has 3 nitrogen and oxygen atoms in total. The summed E-state index contributed by atoms with van der Waals surface area (Å²) in [5.41, 5.74) is 6.02. The van der Waals surface area contributed by atoms with E-state index in [9.17, 15) is 4.79 Å². The van der Waals surface area contributed by atoms with Crippen LogP contribution in [0.25, 0.3) is 0 Å². The number of likely N-dealkylation sites (tertiary alicyclic amines) is 1. The van der Waals surface area contributed by atoms with Gasteiger partial charge in [0.2, 0.25) is 5.91 Å². The van der Waals surface area contributed by atoms with Crippen molar-refractivity contribution in [1.82, 2.24) is 4.90 Å². The molecule has 17 heavy (non-hydrogen) atoms. The minimum Gasteiger partial charge on any atom is -0.341 e. The molecule has 2 rings (SSSR count). The number of carbonyl (C=O) groups is 1. The summed E-state index contributed by atoms with van der Waals surface area (Å²) >= 11 is 1.56. The van der Waals surface area contributed by atoms with Gasteiger partial charge in [0.15, 0.2) is 0 Å². The van der Waals surface area contributed by atoms with Crippen molar-refractivity contribution in [1.29, 1.82) is 0 Å². The quantitative estimate of drug-likeness (QED) is 0.879. The zero-order valence-electron chi connectivity index (χ0n) is 10.1. The molecule has 0 radical (unpaired) electrons. The van der Waals surface area contributed by atoms with Crippen LogP contribution in [0.15, 0.2) is 17.5 Å². The van der Waals surface area contributed by atoms with E-state index < -0.39 is 6.04 Å². The van der Waals surface area contributed by atoms with E-state index in [0.29, 0.717) is 0 Å². The second-order valence-electron chi connectivity index (χ2n) is 4.59. The van der Waals surface area contributed by atoms with Crippen molar-refractivity contribution >= 4 is 17.2 Å². The van der Waals surface area contributed by atoms with E-state index in [2.05, 4.69) is 0 Å². The number of amides is 1. The molecule has 1 aromatic heterocycles. The first-order valence-electron chi connectivity index (χ1n) is 6.37. The Labute approximate surface area is 107 Å². The van der Waals surface area contributed by atoms with Gasteiger partial charge in [-0.2, -0.15) is 0 Å². The maximum absolute atomic E-state index is 12.3. The summed E-state index contributed by atoms with van der Waals surface area (Å²) in [5.74, 6) is 0.0920. The van der Waals surface area contributed by atoms with Gasteiger partial charge in [0, 0.05) is 18.0 Å². The predicted molar refractivity (Wildman–Crippen MR) is 70.9 cm³/mol. The number of carbonyl (C=O) groups excluding carboxylic acids is 1. The van der Waals surface area contributed by atoms with Gasteiger partial charge in [-0.1, -0.05) is 25.3 Å². The highest BCUT2D eigenvalue weighted by Gasteiger charge is 2.23. The van der Waals surface area contributed by atoms with Crippen molar-refractivity contribution in [2.45, 2.75) is 38.1 Å². The van der Waals surface area contributed by atoms with Crippen LogP contribution in [0, 0.1) is 0 Å². The monoisotopic (exact) mass is 252 g/mol. The molecule has 0 aliphatic carbocycles.